The van der Waals surface area contributed by atoms with Crippen LogP contribution in [-0.2, 0) is 4.79 Å². The molecule has 1 amide bonds. The van der Waals surface area contributed by atoms with Gasteiger partial charge in [0.05, 0.1) is 19.1 Å². The minimum atomic E-state index is -0.454. The summed E-state index contributed by atoms with van der Waals surface area (Å²) in [4.78, 5) is 11.8. The lowest BCUT2D eigenvalue weighted by Gasteiger charge is -2.13. The highest BCUT2D eigenvalue weighted by Crippen LogP contribution is 2.30. The Morgan fingerprint density at radius 3 is 2.68 bits per heavy atom. The third kappa shape index (κ3) is 2.13. The summed E-state index contributed by atoms with van der Waals surface area (Å²) in [6, 6.07) is 5.97. The number of fused-ring (bicyclic) bond motifs is 1. The molecule has 1 heterocycles. The van der Waals surface area contributed by atoms with Crippen LogP contribution < -0.4 is 19.5 Å². The van der Waals surface area contributed by atoms with Gasteiger partial charge >= 0.3 is 17.4 Å². The van der Waals surface area contributed by atoms with E-state index in [1.165, 1.54) is 25.3 Å². The standard InChI is InChI=1S/C14H12N4O4/c1-22-9-4-5-10-11(6-9)17(20)12(7-15)13(18(10)21)16-14(19)8-2-3-8/h4-6,8H,2-3H2,1H3,(H,16,19). The number of rotatable bonds is 3. The lowest BCUT2D eigenvalue weighted by Crippen LogP contribution is -2.44. The smallest absolute Gasteiger partial charge is 0.386 e. The molecule has 0 radical (unpaired) electrons. The van der Waals surface area contributed by atoms with Crippen molar-refractivity contribution in [1.29, 1.82) is 5.26 Å². The molecule has 1 fully saturated rings. The van der Waals surface area contributed by atoms with Gasteiger partial charge in [-0.1, -0.05) is 0 Å². The molecule has 1 N–H and O–H groups in total. The SMILES string of the molecule is COc1ccc2c(c1)[n+]([O-])c(C#N)c(NC(=O)C1CC1)[n+]2[O-]. The third-order valence-electron chi connectivity index (χ3n) is 3.55. The first-order chi connectivity index (χ1) is 10.6. The molecule has 1 aromatic heterocycles. The minimum Gasteiger partial charge on any atom is -0.710 e. The Bertz CT molecular complexity index is 824. The van der Waals surface area contributed by atoms with Crippen LogP contribution in [0.1, 0.15) is 18.5 Å². The number of anilines is 1. The van der Waals surface area contributed by atoms with Gasteiger partial charge in [0.15, 0.2) is 6.07 Å². The second kappa shape index (κ2) is 5.04. The molecule has 1 saturated carbocycles. The van der Waals surface area contributed by atoms with Crippen LogP contribution in [-0.4, -0.2) is 13.0 Å². The van der Waals surface area contributed by atoms with Crippen molar-refractivity contribution in [2.45, 2.75) is 12.8 Å². The van der Waals surface area contributed by atoms with E-state index in [9.17, 15) is 20.5 Å². The number of hydrogen-bond donors (Lipinski definition) is 1. The van der Waals surface area contributed by atoms with E-state index in [1.807, 2.05) is 0 Å². The first kappa shape index (κ1) is 13.9. The summed E-state index contributed by atoms with van der Waals surface area (Å²) in [5, 5.41) is 36.3. The summed E-state index contributed by atoms with van der Waals surface area (Å²) in [5.41, 5.74) is -0.416. The Hall–Kier alpha value is -3.08. The van der Waals surface area contributed by atoms with Crippen molar-refractivity contribution in [2.24, 2.45) is 5.92 Å². The van der Waals surface area contributed by atoms with Gasteiger partial charge in [0.25, 0.3) is 5.52 Å². The number of hydrogen-bond acceptors (Lipinski definition) is 5. The number of benzene rings is 1. The largest absolute Gasteiger partial charge is 0.710 e. The lowest BCUT2D eigenvalue weighted by molar-refractivity contribution is -0.620. The van der Waals surface area contributed by atoms with Crippen molar-refractivity contribution in [3.63, 3.8) is 0 Å². The van der Waals surface area contributed by atoms with Crippen molar-refractivity contribution in [3.8, 4) is 11.8 Å². The van der Waals surface area contributed by atoms with Gasteiger partial charge < -0.3 is 15.2 Å². The van der Waals surface area contributed by atoms with Gasteiger partial charge in [-0.3, -0.25) is 0 Å². The molecule has 0 saturated heterocycles. The molecule has 0 unspecified atom stereocenters. The molecule has 2 aromatic rings. The van der Waals surface area contributed by atoms with Crippen LogP contribution >= 0.6 is 0 Å². The number of nitrogens with one attached hydrogen (secondary N) is 1. The van der Waals surface area contributed by atoms with Crippen molar-refractivity contribution in [1.82, 2.24) is 0 Å². The molecular formula is C14H12N4O4. The first-order valence-electron chi connectivity index (χ1n) is 6.64. The number of nitriles is 1. The van der Waals surface area contributed by atoms with E-state index in [-0.39, 0.29) is 28.7 Å². The average Bonchev–Trinajstić information content (AvgIpc) is 3.37. The zero-order valence-electron chi connectivity index (χ0n) is 11.7. The third-order valence-corrected chi connectivity index (χ3v) is 3.55. The van der Waals surface area contributed by atoms with Gasteiger partial charge in [0.1, 0.15) is 5.75 Å². The maximum Gasteiger partial charge on any atom is 0.386 e. The number of carbonyl (C=O) groups excluding carboxylic acids is 1. The molecule has 3 rings (SSSR count). The zero-order valence-corrected chi connectivity index (χ0v) is 11.7. The predicted molar refractivity (Wildman–Crippen MR) is 74.5 cm³/mol. The highest BCUT2D eigenvalue weighted by Gasteiger charge is 2.37. The van der Waals surface area contributed by atoms with Crippen LogP contribution in [0.5, 0.6) is 5.75 Å². The fourth-order valence-corrected chi connectivity index (χ4v) is 2.17. The first-order valence-corrected chi connectivity index (χ1v) is 6.64. The zero-order chi connectivity index (χ0) is 15.9. The second-order valence-electron chi connectivity index (χ2n) is 5.02. The summed E-state index contributed by atoms with van der Waals surface area (Å²) < 4.78 is 5.73. The molecule has 0 bridgehead atoms. The van der Waals surface area contributed by atoms with E-state index in [2.05, 4.69) is 5.32 Å². The van der Waals surface area contributed by atoms with Gasteiger partial charge in [0, 0.05) is 0 Å². The van der Waals surface area contributed by atoms with E-state index in [0.717, 1.165) is 12.8 Å². The van der Waals surface area contributed by atoms with Crippen LogP contribution in [0.4, 0.5) is 5.82 Å². The number of ether oxygens (including phenoxy) is 1. The Labute approximate surface area is 125 Å². The summed E-state index contributed by atoms with van der Waals surface area (Å²) in [6.45, 7) is 0. The van der Waals surface area contributed by atoms with Crippen molar-refractivity contribution in [3.05, 3.63) is 34.3 Å². The summed E-state index contributed by atoms with van der Waals surface area (Å²) in [7, 11) is 1.43. The molecule has 0 aliphatic heterocycles. The Kier molecular flexibility index (Phi) is 3.18. The van der Waals surface area contributed by atoms with Gasteiger partial charge in [-0.05, 0) is 25.0 Å². The fourth-order valence-electron chi connectivity index (χ4n) is 2.17. The maximum absolute atomic E-state index is 12.4. The molecule has 0 spiro atoms. The number of amides is 1. The van der Waals surface area contributed by atoms with Crippen LogP contribution in [0.2, 0.25) is 0 Å². The van der Waals surface area contributed by atoms with Crippen molar-refractivity contribution >= 4 is 22.8 Å². The quantitative estimate of drug-likeness (QED) is 0.648. The molecule has 0 atom stereocenters. The van der Waals surface area contributed by atoms with E-state index >= 15 is 0 Å². The molecule has 1 aromatic carbocycles. The molecule has 1 aliphatic carbocycles. The van der Waals surface area contributed by atoms with Gasteiger partial charge in [-0.25, -0.2) is 14.8 Å². The van der Waals surface area contributed by atoms with E-state index in [4.69, 9.17) is 4.74 Å². The number of carbonyl (C=O) groups is 1. The average molecular weight is 300 g/mol. The van der Waals surface area contributed by atoms with E-state index in [1.54, 1.807) is 6.07 Å². The predicted octanol–water partition coefficient (Wildman–Crippen LogP) is 0.335. The van der Waals surface area contributed by atoms with Gasteiger partial charge in [-0.2, -0.15) is 5.26 Å². The molecule has 112 valence electrons. The molecular weight excluding hydrogens is 288 g/mol. The number of aromatic nitrogens is 2. The molecule has 8 heteroatoms. The number of methoxy groups -OCH3 is 1. The topological polar surface area (TPSA) is 116 Å². The second-order valence-corrected chi connectivity index (χ2v) is 5.02. The van der Waals surface area contributed by atoms with Crippen LogP contribution in [0.25, 0.3) is 11.0 Å². The van der Waals surface area contributed by atoms with Gasteiger partial charge in [0.2, 0.25) is 5.52 Å². The monoisotopic (exact) mass is 300 g/mol. The number of nitrogens with zero attached hydrogens (tertiary/aromatic N) is 3. The fraction of sp³-hybridized carbons (Fsp3) is 0.286. The normalized spacial score (nSPS) is 13.6. The highest BCUT2D eigenvalue weighted by atomic mass is 16.5. The van der Waals surface area contributed by atoms with Gasteiger partial charge in [-0.15, -0.1) is 4.73 Å². The van der Waals surface area contributed by atoms with Crippen molar-refractivity contribution in [2.75, 3.05) is 12.4 Å². The molecule has 22 heavy (non-hydrogen) atoms. The van der Waals surface area contributed by atoms with Crippen LogP contribution in [0, 0.1) is 27.7 Å². The molecule has 8 nitrogen and oxygen atoms in total. The highest BCUT2D eigenvalue weighted by molar-refractivity contribution is 5.93. The molecule has 1 aliphatic rings. The minimum absolute atomic E-state index is 0.00433. The summed E-state index contributed by atoms with van der Waals surface area (Å²) in [6.07, 6.45) is 1.49. The Balaban J connectivity index is 2.21. The van der Waals surface area contributed by atoms with E-state index in [0.29, 0.717) is 15.2 Å². The van der Waals surface area contributed by atoms with Crippen LogP contribution in [0.3, 0.4) is 0 Å². The van der Waals surface area contributed by atoms with Crippen molar-refractivity contribution < 1.29 is 19.0 Å². The van der Waals surface area contributed by atoms with E-state index < -0.39 is 5.69 Å². The van der Waals surface area contributed by atoms with Crippen LogP contribution in [0.15, 0.2) is 18.2 Å². The summed E-state index contributed by atoms with van der Waals surface area (Å²) in [5.74, 6) is -0.463. The Morgan fingerprint density at radius 2 is 2.09 bits per heavy atom. The summed E-state index contributed by atoms with van der Waals surface area (Å²) >= 11 is 0. The Morgan fingerprint density at radius 1 is 1.36 bits per heavy atom. The maximum atomic E-state index is 12.4. The lowest BCUT2D eigenvalue weighted by atomic mass is 10.2.